The van der Waals surface area contributed by atoms with E-state index >= 15 is 0 Å². The van der Waals surface area contributed by atoms with Crippen molar-refractivity contribution in [3.05, 3.63) is 46.8 Å². The third-order valence-corrected chi connectivity index (χ3v) is 6.85. The molecular formula is C26H38N8O2. The van der Waals surface area contributed by atoms with Crippen LogP contribution in [0.25, 0.3) is 0 Å². The third-order valence-electron chi connectivity index (χ3n) is 6.85. The van der Waals surface area contributed by atoms with Crippen molar-refractivity contribution in [2.24, 2.45) is 7.05 Å². The first-order valence-electron chi connectivity index (χ1n) is 12.4. The van der Waals surface area contributed by atoms with Crippen LogP contribution in [0.1, 0.15) is 41.1 Å². The predicted molar refractivity (Wildman–Crippen MR) is 142 cm³/mol. The van der Waals surface area contributed by atoms with Gasteiger partial charge in [0, 0.05) is 31.4 Å². The molecule has 3 aromatic rings. The van der Waals surface area contributed by atoms with Gasteiger partial charge in [0.15, 0.2) is 0 Å². The second kappa shape index (κ2) is 11.2. The smallest absolute Gasteiger partial charge is 0.229 e. The fourth-order valence-electron chi connectivity index (χ4n) is 4.77. The van der Waals surface area contributed by atoms with E-state index in [1.807, 2.05) is 27.0 Å². The third kappa shape index (κ3) is 5.95. The van der Waals surface area contributed by atoms with E-state index in [1.54, 1.807) is 25.0 Å². The second-order valence-electron chi connectivity index (χ2n) is 9.56. The van der Waals surface area contributed by atoms with Crippen molar-refractivity contribution >= 4 is 23.3 Å². The normalized spacial score (nSPS) is 15.6. The first kappa shape index (κ1) is 25.9. The maximum Gasteiger partial charge on any atom is 0.229 e. The fourth-order valence-corrected chi connectivity index (χ4v) is 4.77. The highest BCUT2D eigenvalue weighted by Crippen LogP contribution is 2.37. The summed E-state index contributed by atoms with van der Waals surface area (Å²) in [7, 11) is 5.37. The Morgan fingerprint density at radius 1 is 1.11 bits per heavy atom. The molecule has 0 amide bonds. The van der Waals surface area contributed by atoms with Crippen molar-refractivity contribution in [3.8, 4) is 5.75 Å². The van der Waals surface area contributed by atoms with Gasteiger partial charge in [-0.3, -0.25) is 14.9 Å². The number of rotatable bonds is 9. The number of aliphatic hydroxyl groups excluding tert-OH is 1. The Bertz CT molecular complexity index is 1190. The van der Waals surface area contributed by atoms with Gasteiger partial charge < -0.3 is 20.5 Å². The second-order valence-corrected chi connectivity index (χ2v) is 9.56. The number of aliphatic hydroxyl groups is 1. The molecule has 4 rings (SSSR count). The zero-order chi connectivity index (χ0) is 25.8. The molecule has 1 aromatic carbocycles. The largest absolute Gasteiger partial charge is 0.495 e. The summed E-state index contributed by atoms with van der Waals surface area (Å²) in [5.41, 5.74) is 5.23. The molecular weight excluding hydrogens is 456 g/mol. The minimum absolute atomic E-state index is 0.463. The summed E-state index contributed by atoms with van der Waals surface area (Å²) >= 11 is 0. The van der Waals surface area contributed by atoms with Crippen LogP contribution in [0.4, 0.5) is 23.3 Å². The van der Waals surface area contributed by atoms with Crippen molar-refractivity contribution in [2.75, 3.05) is 44.4 Å². The van der Waals surface area contributed by atoms with Gasteiger partial charge in [-0.1, -0.05) is 0 Å². The van der Waals surface area contributed by atoms with Crippen LogP contribution in [0, 0.1) is 20.8 Å². The van der Waals surface area contributed by atoms with Crippen LogP contribution < -0.4 is 20.7 Å². The lowest BCUT2D eigenvalue weighted by molar-refractivity contribution is 0.0791. The van der Waals surface area contributed by atoms with E-state index in [4.69, 9.17) is 9.72 Å². The number of anilines is 4. The SMILES string of the molecule is CNC(O)CN1CCC(c2cc(OC)c(Nc3ncc(C)c(Nc4cc(C)nn4C)n3)cc2C)CC1. The number of ether oxygens (including phenoxy) is 1. The molecule has 1 fully saturated rings. The standard InChI is InChI=1S/C26H38N8O2/c1-16-11-21(22(36-6)13-20(16)19-7-9-34(10-8-19)15-24(35)27-4)29-26-28-14-17(2)25(31-26)30-23-12-18(3)32-33(23)5/h11-14,19,24,27,35H,7-10,15H2,1-6H3,(H2,28,29,30,31). The summed E-state index contributed by atoms with van der Waals surface area (Å²) in [6.45, 7) is 8.66. The Morgan fingerprint density at radius 3 is 2.50 bits per heavy atom. The lowest BCUT2D eigenvalue weighted by atomic mass is 9.86. The highest BCUT2D eigenvalue weighted by Gasteiger charge is 2.24. The molecule has 0 radical (unpaired) electrons. The van der Waals surface area contributed by atoms with Crippen LogP contribution in [0.3, 0.4) is 0 Å². The van der Waals surface area contributed by atoms with Gasteiger partial charge in [-0.2, -0.15) is 10.1 Å². The van der Waals surface area contributed by atoms with E-state index < -0.39 is 6.23 Å². The number of methoxy groups -OCH3 is 1. The van der Waals surface area contributed by atoms with E-state index in [0.29, 0.717) is 18.4 Å². The van der Waals surface area contributed by atoms with Gasteiger partial charge >= 0.3 is 0 Å². The highest BCUT2D eigenvalue weighted by atomic mass is 16.5. The average molecular weight is 495 g/mol. The molecule has 1 aliphatic rings. The van der Waals surface area contributed by atoms with E-state index in [1.165, 1.54) is 11.1 Å². The topological polar surface area (TPSA) is 112 Å². The Kier molecular flexibility index (Phi) is 8.07. The van der Waals surface area contributed by atoms with Gasteiger partial charge in [0.25, 0.3) is 0 Å². The van der Waals surface area contributed by atoms with Crippen LogP contribution >= 0.6 is 0 Å². The van der Waals surface area contributed by atoms with Gasteiger partial charge in [0.05, 0.1) is 18.5 Å². The van der Waals surface area contributed by atoms with Crippen molar-refractivity contribution in [1.82, 2.24) is 30.0 Å². The van der Waals surface area contributed by atoms with Gasteiger partial charge in [0.1, 0.15) is 23.6 Å². The summed E-state index contributed by atoms with van der Waals surface area (Å²) in [5, 5.41) is 23.9. The molecule has 0 aliphatic carbocycles. The fraction of sp³-hybridized carbons (Fsp3) is 0.500. The molecule has 1 aliphatic heterocycles. The molecule has 10 nitrogen and oxygen atoms in total. The van der Waals surface area contributed by atoms with Crippen molar-refractivity contribution in [1.29, 1.82) is 0 Å². The van der Waals surface area contributed by atoms with Gasteiger partial charge in [-0.15, -0.1) is 0 Å². The van der Waals surface area contributed by atoms with Crippen LogP contribution in [0.15, 0.2) is 24.4 Å². The Hall–Kier alpha value is -3.21. The molecule has 194 valence electrons. The van der Waals surface area contributed by atoms with E-state index in [2.05, 4.69) is 50.0 Å². The lowest BCUT2D eigenvalue weighted by Gasteiger charge is -2.34. The number of nitrogens with one attached hydrogen (secondary N) is 3. The van der Waals surface area contributed by atoms with E-state index in [-0.39, 0.29) is 0 Å². The molecule has 0 saturated carbocycles. The van der Waals surface area contributed by atoms with Crippen molar-refractivity contribution < 1.29 is 9.84 Å². The predicted octanol–water partition coefficient (Wildman–Crippen LogP) is 3.35. The summed E-state index contributed by atoms with van der Waals surface area (Å²) in [6.07, 6.45) is 3.42. The van der Waals surface area contributed by atoms with Crippen molar-refractivity contribution in [2.45, 2.75) is 45.8 Å². The zero-order valence-electron chi connectivity index (χ0n) is 22.1. The van der Waals surface area contributed by atoms with Crippen LogP contribution in [-0.4, -0.2) is 69.8 Å². The van der Waals surface area contributed by atoms with Gasteiger partial charge in [-0.05, 0) is 82.9 Å². The maximum atomic E-state index is 9.88. The molecule has 2 aromatic heterocycles. The first-order valence-corrected chi connectivity index (χ1v) is 12.4. The number of β-amino-alcohol motifs (C(OH)–C–C–N with tert-alkyl or cyclic N) is 1. The molecule has 0 spiro atoms. The number of hydrogen-bond acceptors (Lipinski definition) is 9. The number of aromatic nitrogens is 4. The summed E-state index contributed by atoms with van der Waals surface area (Å²) in [6, 6.07) is 6.24. The molecule has 36 heavy (non-hydrogen) atoms. The number of hydrogen-bond donors (Lipinski definition) is 4. The average Bonchev–Trinajstić information content (AvgIpc) is 3.18. The monoisotopic (exact) mass is 494 g/mol. The molecule has 1 saturated heterocycles. The highest BCUT2D eigenvalue weighted by molar-refractivity contribution is 5.67. The molecule has 10 heteroatoms. The number of aryl methyl sites for hydroxylation is 4. The quantitative estimate of drug-likeness (QED) is 0.333. The lowest BCUT2D eigenvalue weighted by Crippen LogP contribution is -2.42. The zero-order valence-corrected chi connectivity index (χ0v) is 22.1. The van der Waals surface area contributed by atoms with Crippen LogP contribution in [0.5, 0.6) is 5.75 Å². The van der Waals surface area contributed by atoms with Gasteiger partial charge in [-0.25, -0.2) is 4.98 Å². The van der Waals surface area contributed by atoms with E-state index in [9.17, 15) is 5.11 Å². The number of likely N-dealkylation sites (tertiary alicyclic amines) is 1. The molecule has 1 atom stereocenters. The first-order chi connectivity index (χ1) is 17.3. The number of piperidine rings is 1. The van der Waals surface area contributed by atoms with Gasteiger partial charge in [0.2, 0.25) is 5.95 Å². The number of nitrogens with zero attached hydrogens (tertiary/aromatic N) is 5. The minimum atomic E-state index is -0.485. The summed E-state index contributed by atoms with van der Waals surface area (Å²) in [4.78, 5) is 11.5. The Balaban J connectivity index is 1.50. The minimum Gasteiger partial charge on any atom is -0.495 e. The molecule has 0 bridgehead atoms. The summed E-state index contributed by atoms with van der Waals surface area (Å²) < 4.78 is 7.56. The molecule has 1 unspecified atom stereocenters. The molecule has 4 N–H and O–H groups in total. The van der Waals surface area contributed by atoms with E-state index in [0.717, 1.165) is 60.3 Å². The molecule has 3 heterocycles. The van der Waals surface area contributed by atoms with Crippen LogP contribution in [-0.2, 0) is 7.05 Å². The Labute approximate surface area is 213 Å². The van der Waals surface area contributed by atoms with Crippen molar-refractivity contribution in [3.63, 3.8) is 0 Å². The maximum absolute atomic E-state index is 9.88. The number of benzene rings is 1. The summed E-state index contributed by atoms with van der Waals surface area (Å²) in [5.74, 6) is 3.31. The van der Waals surface area contributed by atoms with Crippen LogP contribution in [0.2, 0.25) is 0 Å². The Morgan fingerprint density at radius 2 is 1.86 bits per heavy atom. The number of likely N-dealkylation sites (N-methyl/N-ethyl adjacent to an activating group) is 1.